The van der Waals surface area contributed by atoms with Crippen LogP contribution in [0.5, 0.6) is 5.75 Å². The van der Waals surface area contributed by atoms with E-state index in [9.17, 15) is 13.2 Å². The smallest absolute Gasteiger partial charge is 0.435 e. The molecule has 0 saturated heterocycles. The Bertz CT molecular complexity index is 698. The van der Waals surface area contributed by atoms with Gasteiger partial charge in [0, 0.05) is 12.0 Å². The molecule has 1 aliphatic rings. The molecule has 3 rings (SSSR count). The zero-order valence-electron chi connectivity index (χ0n) is 12.7. The van der Waals surface area contributed by atoms with Crippen LogP contribution in [0.4, 0.5) is 19.0 Å². The average Bonchev–Trinajstić information content (AvgIpc) is 2.45. The summed E-state index contributed by atoms with van der Waals surface area (Å²) < 4.78 is 43.5. The number of hydrogen-bond donors (Lipinski definition) is 1. The van der Waals surface area contributed by atoms with E-state index in [-0.39, 0.29) is 11.6 Å². The van der Waals surface area contributed by atoms with Crippen LogP contribution in [0.15, 0.2) is 36.4 Å². The van der Waals surface area contributed by atoms with Crippen LogP contribution in [0.25, 0.3) is 0 Å². The van der Waals surface area contributed by atoms with Crippen LogP contribution in [-0.2, 0) is 6.18 Å². The highest BCUT2D eigenvalue weighted by Gasteiger charge is 2.35. The molecule has 0 radical (unpaired) electrons. The summed E-state index contributed by atoms with van der Waals surface area (Å²) in [7, 11) is 0. The van der Waals surface area contributed by atoms with Crippen molar-refractivity contribution in [2.24, 2.45) is 0 Å². The molecule has 1 aromatic carbocycles. The summed E-state index contributed by atoms with van der Waals surface area (Å²) in [4.78, 5) is 0. The molecular weight excluding hydrogens is 307 g/mol. The number of hydrogen-bond acceptors (Lipinski definition) is 4. The summed E-state index contributed by atoms with van der Waals surface area (Å²) in [6.45, 7) is 3.94. The van der Waals surface area contributed by atoms with Crippen LogP contribution in [0.2, 0.25) is 0 Å². The lowest BCUT2D eigenvalue weighted by atomic mass is 9.90. The van der Waals surface area contributed by atoms with Gasteiger partial charge in [0.2, 0.25) is 0 Å². The normalized spacial score (nSPS) is 19.6. The minimum Gasteiger partial charge on any atom is -0.487 e. The number of anilines is 1. The molecule has 2 aromatic rings. The van der Waals surface area contributed by atoms with Crippen molar-refractivity contribution in [3.8, 4) is 5.75 Å². The Kier molecular flexibility index (Phi) is 3.66. The second kappa shape index (κ2) is 5.40. The quantitative estimate of drug-likeness (QED) is 0.899. The van der Waals surface area contributed by atoms with Gasteiger partial charge in [-0.05, 0) is 32.0 Å². The van der Waals surface area contributed by atoms with Gasteiger partial charge in [-0.2, -0.15) is 13.2 Å². The van der Waals surface area contributed by atoms with E-state index in [2.05, 4.69) is 15.5 Å². The number of alkyl halides is 3. The van der Waals surface area contributed by atoms with E-state index in [1.807, 2.05) is 38.1 Å². The second-order valence-corrected chi connectivity index (χ2v) is 6.10. The first-order valence-electron chi connectivity index (χ1n) is 7.20. The van der Waals surface area contributed by atoms with Crippen LogP contribution in [-0.4, -0.2) is 15.8 Å². The molecular formula is C16H16F3N3O. The Morgan fingerprint density at radius 1 is 1.13 bits per heavy atom. The number of fused-ring (bicyclic) bond motifs is 1. The summed E-state index contributed by atoms with van der Waals surface area (Å²) in [5.41, 5.74) is -0.435. The average molecular weight is 323 g/mol. The van der Waals surface area contributed by atoms with E-state index in [1.165, 1.54) is 6.07 Å². The van der Waals surface area contributed by atoms with Crippen LogP contribution >= 0.6 is 0 Å². The number of nitrogens with one attached hydrogen (secondary N) is 1. The van der Waals surface area contributed by atoms with Gasteiger partial charge in [-0.25, -0.2) is 0 Å². The van der Waals surface area contributed by atoms with Crippen molar-refractivity contribution in [2.45, 2.75) is 38.1 Å². The molecule has 7 heteroatoms. The Morgan fingerprint density at radius 3 is 2.52 bits per heavy atom. The fourth-order valence-corrected chi connectivity index (χ4v) is 2.67. The van der Waals surface area contributed by atoms with E-state index in [0.717, 1.165) is 17.4 Å². The van der Waals surface area contributed by atoms with Gasteiger partial charge >= 0.3 is 6.18 Å². The lowest BCUT2D eigenvalue weighted by Crippen LogP contribution is -2.37. The molecule has 0 aliphatic carbocycles. The van der Waals surface area contributed by atoms with Gasteiger partial charge in [0.15, 0.2) is 5.69 Å². The molecule has 1 aliphatic heterocycles. The highest BCUT2D eigenvalue weighted by Crippen LogP contribution is 2.40. The SMILES string of the molecule is CC1(C)CC(Nc2ccc(C(F)(F)F)nn2)c2ccccc2O1. The molecule has 0 amide bonds. The minimum atomic E-state index is -4.49. The van der Waals surface area contributed by atoms with E-state index in [0.29, 0.717) is 12.2 Å². The molecule has 23 heavy (non-hydrogen) atoms. The van der Waals surface area contributed by atoms with E-state index < -0.39 is 11.9 Å². The van der Waals surface area contributed by atoms with Crippen molar-refractivity contribution in [3.63, 3.8) is 0 Å². The zero-order valence-corrected chi connectivity index (χ0v) is 12.7. The van der Waals surface area contributed by atoms with Crippen molar-refractivity contribution in [1.82, 2.24) is 10.2 Å². The van der Waals surface area contributed by atoms with Gasteiger partial charge in [0.05, 0.1) is 6.04 Å². The number of benzene rings is 1. The predicted molar refractivity (Wildman–Crippen MR) is 79.2 cm³/mol. The first-order valence-corrected chi connectivity index (χ1v) is 7.20. The van der Waals surface area contributed by atoms with Gasteiger partial charge < -0.3 is 10.1 Å². The maximum Gasteiger partial charge on any atom is 0.435 e. The Labute approximate surface area is 131 Å². The van der Waals surface area contributed by atoms with E-state index in [1.54, 1.807) is 0 Å². The zero-order chi connectivity index (χ0) is 16.7. The van der Waals surface area contributed by atoms with E-state index in [4.69, 9.17) is 4.74 Å². The fourth-order valence-electron chi connectivity index (χ4n) is 2.67. The fraction of sp³-hybridized carbons (Fsp3) is 0.375. The molecule has 1 atom stereocenters. The minimum absolute atomic E-state index is 0.110. The topological polar surface area (TPSA) is 47.0 Å². The number of para-hydroxylation sites is 1. The van der Waals surface area contributed by atoms with Gasteiger partial charge in [-0.3, -0.25) is 0 Å². The second-order valence-electron chi connectivity index (χ2n) is 6.10. The van der Waals surface area contributed by atoms with Gasteiger partial charge in [0.1, 0.15) is 17.2 Å². The lowest BCUT2D eigenvalue weighted by molar-refractivity contribution is -0.141. The van der Waals surface area contributed by atoms with Gasteiger partial charge in [-0.1, -0.05) is 18.2 Å². The highest BCUT2D eigenvalue weighted by molar-refractivity contribution is 5.45. The number of halogens is 3. The van der Waals surface area contributed by atoms with Crippen molar-refractivity contribution in [2.75, 3.05) is 5.32 Å². The number of ether oxygens (including phenoxy) is 1. The Balaban J connectivity index is 1.85. The van der Waals surface area contributed by atoms with Crippen LogP contribution in [0.1, 0.15) is 37.6 Å². The van der Waals surface area contributed by atoms with Crippen molar-refractivity contribution in [1.29, 1.82) is 0 Å². The summed E-state index contributed by atoms with van der Waals surface area (Å²) in [5.74, 6) is 1.07. The third-order valence-corrected chi connectivity index (χ3v) is 3.65. The molecule has 1 aromatic heterocycles. The lowest BCUT2D eigenvalue weighted by Gasteiger charge is -2.38. The van der Waals surface area contributed by atoms with Crippen molar-refractivity contribution < 1.29 is 17.9 Å². The monoisotopic (exact) mass is 323 g/mol. The summed E-state index contributed by atoms with van der Waals surface area (Å²) in [6.07, 6.45) is -3.83. The van der Waals surface area contributed by atoms with Crippen LogP contribution < -0.4 is 10.1 Å². The third-order valence-electron chi connectivity index (χ3n) is 3.65. The van der Waals surface area contributed by atoms with Gasteiger partial charge in [0.25, 0.3) is 0 Å². The maximum atomic E-state index is 12.5. The Morgan fingerprint density at radius 2 is 1.87 bits per heavy atom. The number of nitrogens with zero attached hydrogens (tertiary/aromatic N) is 2. The molecule has 0 bridgehead atoms. The number of rotatable bonds is 2. The molecule has 122 valence electrons. The third kappa shape index (κ3) is 3.38. The standard InChI is InChI=1S/C16H16F3N3O/c1-15(2)9-11(10-5-3-4-6-12(10)23-15)20-14-8-7-13(21-22-14)16(17,18)19/h3-8,11H,9H2,1-2H3,(H,20,22). The molecule has 0 saturated carbocycles. The first kappa shape index (κ1) is 15.6. The first-order chi connectivity index (χ1) is 10.7. The van der Waals surface area contributed by atoms with E-state index >= 15 is 0 Å². The highest BCUT2D eigenvalue weighted by atomic mass is 19.4. The predicted octanol–water partition coefficient (Wildman–Crippen LogP) is 4.21. The van der Waals surface area contributed by atoms with Crippen molar-refractivity contribution in [3.05, 3.63) is 47.7 Å². The van der Waals surface area contributed by atoms with Gasteiger partial charge in [-0.15, -0.1) is 10.2 Å². The number of aromatic nitrogens is 2. The molecule has 2 heterocycles. The molecule has 0 fully saturated rings. The molecule has 1 N–H and O–H groups in total. The summed E-state index contributed by atoms with van der Waals surface area (Å²) >= 11 is 0. The maximum absolute atomic E-state index is 12.5. The Hall–Kier alpha value is -2.31. The molecule has 1 unspecified atom stereocenters. The van der Waals surface area contributed by atoms with Crippen LogP contribution in [0.3, 0.4) is 0 Å². The summed E-state index contributed by atoms with van der Waals surface area (Å²) in [5, 5.41) is 10.0. The summed E-state index contributed by atoms with van der Waals surface area (Å²) in [6, 6.07) is 9.69. The largest absolute Gasteiger partial charge is 0.487 e. The molecule has 0 spiro atoms. The van der Waals surface area contributed by atoms with Crippen molar-refractivity contribution >= 4 is 5.82 Å². The molecule has 4 nitrogen and oxygen atoms in total. The van der Waals surface area contributed by atoms with Crippen LogP contribution in [0, 0.1) is 0 Å².